The molecule has 0 unspecified atom stereocenters. The Morgan fingerprint density at radius 3 is 1.11 bits per heavy atom. The van der Waals surface area contributed by atoms with Crippen molar-refractivity contribution in [3.63, 3.8) is 0 Å². The maximum absolute atomic E-state index is 9.97. The van der Waals surface area contributed by atoms with E-state index in [2.05, 4.69) is 39.9 Å². The van der Waals surface area contributed by atoms with E-state index in [9.17, 15) is 19.2 Å². The van der Waals surface area contributed by atoms with Gasteiger partial charge < -0.3 is 40.4 Å². The van der Waals surface area contributed by atoms with Gasteiger partial charge in [-0.1, -0.05) is 0 Å². The molecule has 3 radical (unpaired) electrons. The maximum atomic E-state index is 9.97. The molecule has 44 heavy (non-hydrogen) atoms. The van der Waals surface area contributed by atoms with Crippen molar-refractivity contribution in [2.45, 2.75) is 0 Å². The number of H-pyrrole nitrogens is 4. The van der Waals surface area contributed by atoms with Gasteiger partial charge >= 0.3 is 23.9 Å². The van der Waals surface area contributed by atoms with Crippen LogP contribution in [0.25, 0.3) is 24.3 Å². The summed E-state index contributed by atoms with van der Waals surface area (Å²) in [5.41, 5.74) is 2.59. The molecule has 0 aromatic carbocycles. The van der Waals surface area contributed by atoms with Gasteiger partial charge in [-0.15, -0.1) is 0 Å². The Morgan fingerprint density at radius 2 is 0.886 bits per heavy atom. The van der Waals surface area contributed by atoms with Crippen LogP contribution in [0.5, 0.6) is 0 Å². The molecule has 20 heteroatoms. The van der Waals surface area contributed by atoms with E-state index in [1.807, 2.05) is 0 Å². The Labute approximate surface area is 306 Å². The molecule has 4 heterocycles. The molecule has 0 saturated carbocycles. The average molecular weight is 951 g/mol. The van der Waals surface area contributed by atoms with E-state index in [0.29, 0.717) is 22.8 Å². The van der Waals surface area contributed by atoms with E-state index in [4.69, 9.17) is 20.4 Å². The molecule has 0 saturated heterocycles. The molecule has 0 aliphatic carbocycles. The molecular formula is C24H24Mn2N8O8UV. The molecule has 4 aromatic heterocycles. The van der Waals surface area contributed by atoms with Gasteiger partial charge in [-0.25, -0.2) is 39.1 Å². The summed E-state index contributed by atoms with van der Waals surface area (Å²) in [5, 5.41) is 32.8. The van der Waals surface area contributed by atoms with E-state index in [-0.39, 0.29) is 83.8 Å². The van der Waals surface area contributed by atoms with Gasteiger partial charge in [0.1, 0.15) is 0 Å². The van der Waals surface area contributed by atoms with Crippen molar-refractivity contribution in [2.24, 2.45) is 0 Å². The summed E-state index contributed by atoms with van der Waals surface area (Å²) in [7, 11) is 0. The smallest absolute Gasteiger partial charge is 0.328 e. The van der Waals surface area contributed by atoms with Crippen molar-refractivity contribution >= 4 is 48.2 Å². The second-order valence-corrected chi connectivity index (χ2v) is 6.69. The third-order valence-electron chi connectivity index (χ3n) is 3.68. The first-order valence-corrected chi connectivity index (χ1v) is 10.7. The zero-order chi connectivity index (χ0) is 29.6. The largest absolute Gasteiger partial charge is 0.478 e. The molecule has 4 aromatic rings. The molecule has 0 fully saturated rings. The first-order valence-electron chi connectivity index (χ1n) is 10.7. The fourth-order valence-corrected chi connectivity index (χ4v) is 2.08. The minimum Gasteiger partial charge on any atom is -0.478 e. The summed E-state index contributed by atoms with van der Waals surface area (Å²) < 4.78 is 0. The van der Waals surface area contributed by atoms with Crippen LogP contribution in [0.15, 0.2) is 74.4 Å². The summed E-state index contributed by atoms with van der Waals surface area (Å²) in [6.45, 7) is 0. The second-order valence-electron chi connectivity index (χ2n) is 6.69. The number of nitrogens with zero attached hydrogens (tertiary/aromatic N) is 4. The van der Waals surface area contributed by atoms with Gasteiger partial charge in [0.15, 0.2) is 0 Å². The second kappa shape index (κ2) is 29.4. The van der Waals surface area contributed by atoms with Crippen molar-refractivity contribution in [3.8, 4) is 0 Å². The molecule has 0 aliphatic heterocycles. The van der Waals surface area contributed by atoms with E-state index >= 15 is 0 Å². The summed E-state index contributed by atoms with van der Waals surface area (Å²) in [5.74, 6) is -3.87. The van der Waals surface area contributed by atoms with Crippen molar-refractivity contribution in [3.05, 3.63) is 97.2 Å². The predicted octanol–water partition coefficient (Wildman–Crippen LogP) is 2.02. The van der Waals surface area contributed by atoms with Gasteiger partial charge in [-0.2, -0.15) is 0 Å². The first-order chi connectivity index (χ1) is 19.2. The number of carboxylic acids is 4. The van der Waals surface area contributed by atoms with Gasteiger partial charge in [0.2, 0.25) is 0 Å². The summed E-state index contributed by atoms with van der Waals surface area (Å²) >= 11 is 0. The van der Waals surface area contributed by atoms with Crippen LogP contribution in [-0.2, 0) is 71.9 Å². The van der Waals surface area contributed by atoms with Crippen LogP contribution in [-0.4, -0.2) is 84.2 Å². The van der Waals surface area contributed by atoms with Crippen LogP contribution >= 0.6 is 0 Å². The Balaban J connectivity index is -0.000000235. The molecule has 8 N–H and O–H groups in total. The molecular weight excluding hydrogens is 927 g/mol. The number of hydrogen-bond acceptors (Lipinski definition) is 8. The Kier molecular flexibility index (Phi) is 31.6. The molecule has 231 valence electrons. The molecule has 0 atom stereocenters. The first kappa shape index (κ1) is 47.3. The zero-order valence-electron chi connectivity index (χ0n) is 22.2. The standard InChI is InChI=1S/4C6H6N2O2.2Mn.U.V/c4*9-6(10)2-1-5-3-7-4-8-5;;;;/h4*1-4H,(H,7,8)(H,9,10);;;;/b2*2-1+;;;;;;. The van der Waals surface area contributed by atoms with Crippen molar-refractivity contribution < 1.29 is 123 Å². The Morgan fingerprint density at radius 1 is 0.568 bits per heavy atom. The predicted molar refractivity (Wildman–Crippen MR) is 141 cm³/mol. The third-order valence-corrected chi connectivity index (χ3v) is 3.68. The van der Waals surface area contributed by atoms with Crippen molar-refractivity contribution in [2.75, 3.05) is 0 Å². The topological polar surface area (TPSA) is 264 Å². The fraction of sp³-hybridized carbons (Fsp3) is 0. The van der Waals surface area contributed by atoms with E-state index in [0.717, 1.165) is 24.3 Å². The Bertz CT molecular complexity index is 1200. The summed E-state index contributed by atoms with van der Waals surface area (Å²) in [6.07, 6.45) is 22.1. The normalized spacial score (nSPS) is 9.45. The monoisotopic (exact) mass is 951 g/mol. The number of aromatic amines is 4. The van der Waals surface area contributed by atoms with Crippen LogP contribution in [0.4, 0.5) is 0 Å². The zero-order valence-corrected chi connectivity index (χ0v) is 30.1. The van der Waals surface area contributed by atoms with E-state index in [1.54, 1.807) is 24.8 Å². The number of rotatable bonds is 8. The molecule has 4 rings (SSSR count). The van der Waals surface area contributed by atoms with Crippen LogP contribution in [0.3, 0.4) is 0 Å². The van der Waals surface area contributed by atoms with Crippen LogP contribution in [0.2, 0.25) is 0 Å². The van der Waals surface area contributed by atoms with Gasteiger partial charge in [-0.3, -0.25) is 0 Å². The van der Waals surface area contributed by atoms with Crippen molar-refractivity contribution in [1.29, 1.82) is 0 Å². The molecule has 16 nitrogen and oxygen atoms in total. The van der Waals surface area contributed by atoms with Crippen LogP contribution < -0.4 is 0 Å². The SMILES string of the molecule is O=C(O)/C=C/c1cnc[nH]1.O=C(O)/C=C/c1cnc[nH]1.O=C(O)C=Cc1c[nH]cn1.O=C(O)C=Cc1c[nH]cn1.[Mn].[Mn].[U].[V]. The number of hydrogen-bond donors (Lipinski definition) is 8. The minimum absolute atomic E-state index is 0. The quantitative estimate of drug-likeness (QED) is 0.0933. The number of aliphatic carboxylic acids is 4. The fourth-order valence-electron chi connectivity index (χ4n) is 2.08. The maximum Gasteiger partial charge on any atom is 0.328 e. The molecule has 0 spiro atoms. The van der Waals surface area contributed by atoms with Gasteiger partial charge in [-0.05, 0) is 24.3 Å². The Hall–Kier alpha value is -3.64. The average Bonchev–Trinajstić information content (AvgIpc) is 3.73. The van der Waals surface area contributed by atoms with Crippen molar-refractivity contribution in [1.82, 2.24) is 39.9 Å². The van der Waals surface area contributed by atoms with Gasteiger partial charge in [0, 0.05) is 121 Å². The third kappa shape index (κ3) is 27.2. The molecule has 0 aliphatic rings. The van der Waals surface area contributed by atoms with E-state index < -0.39 is 23.9 Å². The number of carbonyl (C=O) groups is 4. The van der Waals surface area contributed by atoms with Gasteiger partial charge in [0.05, 0.1) is 60.5 Å². The molecule has 0 amide bonds. The summed E-state index contributed by atoms with van der Waals surface area (Å²) in [6, 6.07) is 0. The van der Waals surface area contributed by atoms with Gasteiger partial charge in [0.25, 0.3) is 0 Å². The summed E-state index contributed by atoms with van der Waals surface area (Å²) in [4.78, 5) is 65.7. The molecule has 0 bridgehead atoms. The minimum atomic E-state index is -0.969. The van der Waals surface area contributed by atoms with Crippen LogP contribution in [0, 0.1) is 31.1 Å². The number of carboxylic acid groups (broad SMARTS) is 4. The number of imidazole rings is 4. The number of nitrogens with one attached hydrogen (secondary N) is 4. The number of aromatic nitrogens is 8. The van der Waals surface area contributed by atoms with E-state index in [1.165, 1.54) is 49.6 Å². The van der Waals surface area contributed by atoms with Crippen LogP contribution in [0.1, 0.15) is 22.8 Å².